The van der Waals surface area contributed by atoms with Gasteiger partial charge in [0.25, 0.3) is 0 Å². The predicted molar refractivity (Wildman–Crippen MR) is 72.4 cm³/mol. The summed E-state index contributed by atoms with van der Waals surface area (Å²) in [5, 5.41) is 22.7. The molecule has 0 bridgehead atoms. The first-order valence-electron chi connectivity index (χ1n) is 6.57. The number of pyridine rings is 1. The van der Waals surface area contributed by atoms with Crippen LogP contribution in [0.1, 0.15) is 38.3 Å². The number of aromatic nitrogens is 1. The summed E-state index contributed by atoms with van der Waals surface area (Å²) in [7, 11) is 0. The van der Waals surface area contributed by atoms with E-state index in [9.17, 15) is 10.3 Å². The molecule has 0 saturated carbocycles. The number of benzene rings is 1. The Morgan fingerprint density at radius 1 is 1.17 bits per heavy atom. The summed E-state index contributed by atoms with van der Waals surface area (Å²) in [5.74, 6) is 0.197. The first kappa shape index (κ1) is 12.7. The molecular formula is C15H19NO2. The maximum atomic E-state index is 12.1. The van der Waals surface area contributed by atoms with Gasteiger partial charge in [-0.1, -0.05) is 38.3 Å². The number of fused-ring (bicyclic) bond motifs is 1. The lowest BCUT2D eigenvalue weighted by Crippen LogP contribution is -2.32. The van der Waals surface area contributed by atoms with Crippen molar-refractivity contribution in [1.29, 1.82) is 0 Å². The van der Waals surface area contributed by atoms with Gasteiger partial charge in [0.1, 0.15) is 5.75 Å². The first-order valence-corrected chi connectivity index (χ1v) is 6.57. The van der Waals surface area contributed by atoms with Crippen LogP contribution < -0.4 is 4.73 Å². The summed E-state index contributed by atoms with van der Waals surface area (Å²) < 4.78 is 0.945. The molecule has 0 radical (unpaired) electrons. The number of hydrogen-bond acceptors (Lipinski definition) is 2. The maximum absolute atomic E-state index is 12.1. The third-order valence-corrected chi connectivity index (χ3v) is 3.25. The van der Waals surface area contributed by atoms with E-state index in [1.807, 2.05) is 12.1 Å². The van der Waals surface area contributed by atoms with E-state index in [0.717, 1.165) is 24.0 Å². The minimum absolute atomic E-state index is 0.197. The van der Waals surface area contributed by atoms with Crippen molar-refractivity contribution in [3.8, 4) is 5.75 Å². The predicted octanol–water partition coefficient (Wildman–Crippen LogP) is 3.30. The fourth-order valence-corrected chi connectivity index (χ4v) is 2.22. The molecule has 1 heterocycles. The zero-order valence-corrected chi connectivity index (χ0v) is 10.7. The van der Waals surface area contributed by atoms with Crippen LogP contribution in [-0.4, -0.2) is 5.11 Å². The molecule has 2 aromatic rings. The number of unbranched alkanes of at least 4 members (excludes halogenated alkanes) is 3. The molecule has 0 spiro atoms. The highest BCUT2D eigenvalue weighted by Gasteiger charge is 2.13. The Balaban J connectivity index is 2.26. The van der Waals surface area contributed by atoms with Crippen molar-refractivity contribution >= 4 is 10.9 Å². The Labute approximate surface area is 107 Å². The fraction of sp³-hybridized carbons (Fsp3) is 0.400. The van der Waals surface area contributed by atoms with Gasteiger partial charge in [0.05, 0.1) is 5.39 Å². The number of rotatable bonds is 5. The van der Waals surface area contributed by atoms with E-state index in [4.69, 9.17) is 0 Å². The minimum atomic E-state index is 0.197. The van der Waals surface area contributed by atoms with Crippen LogP contribution in [0, 0.1) is 5.21 Å². The van der Waals surface area contributed by atoms with Crippen molar-refractivity contribution in [1.82, 2.24) is 0 Å². The van der Waals surface area contributed by atoms with Crippen LogP contribution in [0.4, 0.5) is 0 Å². The van der Waals surface area contributed by atoms with Crippen molar-refractivity contribution in [2.45, 2.75) is 39.0 Å². The Kier molecular flexibility index (Phi) is 4.03. The van der Waals surface area contributed by atoms with E-state index in [2.05, 4.69) is 6.92 Å². The highest BCUT2D eigenvalue weighted by Crippen LogP contribution is 2.23. The number of nitrogens with zero attached hydrogens (tertiary/aromatic N) is 1. The number of hydrogen-bond donors (Lipinski definition) is 1. The summed E-state index contributed by atoms with van der Waals surface area (Å²) in [6.07, 6.45) is 5.22. The van der Waals surface area contributed by atoms with Gasteiger partial charge in [0.2, 0.25) is 5.52 Å². The van der Waals surface area contributed by atoms with Crippen LogP contribution in [0.25, 0.3) is 10.9 Å². The largest absolute Gasteiger partial charge is 0.618 e. The molecule has 0 aliphatic carbocycles. The van der Waals surface area contributed by atoms with Gasteiger partial charge < -0.3 is 10.3 Å². The van der Waals surface area contributed by atoms with Gasteiger partial charge in [-0.05, 0) is 12.5 Å². The summed E-state index contributed by atoms with van der Waals surface area (Å²) in [6, 6.07) is 8.75. The molecule has 1 aromatic carbocycles. The van der Waals surface area contributed by atoms with Crippen molar-refractivity contribution < 1.29 is 9.84 Å². The first-order chi connectivity index (χ1) is 8.74. The standard InChI is InChI=1S/C15H19NO2/c1-2-3-4-5-8-12-11-15(17)13-9-6-7-10-14(13)16(12)18/h6-7,9-11,17H,2-5,8H2,1H3. The normalized spacial score (nSPS) is 10.9. The van der Waals surface area contributed by atoms with Crippen LogP contribution in [0.3, 0.4) is 0 Å². The monoisotopic (exact) mass is 245 g/mol. The Hall–Kier alpha value is -1.77. The summed E-state index contributed by atoms with van der Waals surface area (Å²) in [6.45, 7) is 2.16. The van der Waals surface area contributed by atoms with Crippen molar-refractivity contribution in [3.63, 3.8) is 0 Å². The smallest absolute Gasteiger partial charge is 0.227 e. The molecule has 18 heavy (non-hydrogen) atoms. The molecule has 96 valence electrons. The Bertz CT molecular complexity index is 537. The van der Waals surface area contributed by atoms with Crippen LogP contribution in [0.2, 0.25) is 0 Å². The molecule has 0 amide bonds. The molecule has 1 aromatic heterocycles. The SMILES string of the molecule is CCCCCCc1cc(O)c2ccccc2[n+]1[O-]. The van der Waals surface area contributed by atoms with Gasteiger partial charge in [-0.15, -0.1) is 0 Å². The summed E-state index contributed by atoms with van der Waals surface area (Å²) in [4.78, 5) is 0. The second-order valence-corrected chi connectivity index (χ2v) is 4.64. The topological polar surface area (TPSA) is 47.2 Å². The number of aromatic hydroxyl groups is 1. The van der Waals surface area contributed by atoms with Gasteiger partial charge >= 0.3 is 0 Å². The van der Waals surface area contributed by atoms with Gasteiger partial charge in [0.15, 0.2) is 5.69 Å². The second-order valence-electron chi connectivity index (χ2n) is 4.64. The average molecular weight is 245 g/mol. The zero-order chi connectivity index (χ0) is 13.0. The minimum Gasteiger partial charge on any atom is -0.618 e. The molecule has 0 aliphatic rings. The number of aryl methyl sites for hydroxylation is 1. The van der Waals surface area contributed by atoms with Gasteiger partial charge in [-0.25, -0.2) is 0 Å². The summed E-state index contributed by atoms with van der Waals surface area (Å²) >= 11 is 0. The zero-order valence-electron chi connectivity index (χ0n) is 10.7. The lowest BCUT2D eigenvalue weighted by Gasteiger charge is -2.08. The maximum Gasteiger partial charge on any atom is 0.227 e. The third kappa shape index (κ3) is 2.55. The average Bonchev–Trinajstić information content (AvgIpc) is 2.40. The van der Waals surface area contributed by atoms with E-state index in [0.29, 0.717) is 16.6 Å². The Morgan fingerprint density at radius 3 is 2.72 bits per heavy atom. The number of para-hydroxylation sites is 1. The molecule has 0 fully saturated rings. The van der Waals surface area contributed by atoms with Crippen molar-refractivity contribution in [2.24, 2.45) is 0 Å². The third-order valence-electron chi connectivity index (χ3n) is 3.25. The van der Waals surface area contributed by atoms with E-state index in [1.165, 1.54) is 12.8 Å². The molecule has 3 heteroatoms. The van der Waals surface area contributed by atoms with Gasteiger partial charge in [-0.3, -0.25) is 0 Å². The summed E-state index contributed by atoms with van der Waals surface area (Å²) in [5.41, 5.74) is 1.20. The molecule has 0 aliphatic heterocycles. The molecule has 0 saturated heterocycles. The van der Waals surface area contributed by atoms with E-state index in [1.54, 1.807) is 18.2 Å². The highest BCUT2D eigenvalue weighted by molar-refractivity contribution is 5.82. The van der Waals surface area contributed by atoms with Crippen molar-refractivity contribution in [3.05, 3.63) is 41.2 Å². The van der Waals surface area contributed by atoms with Gasteiger partial charge in [0, 0.05) is 18.6 Å². The Morgan fingerprint density at radius 2 is 1.94 bits per heavy atom. The molecule has 2 rings (SSSR count). The molecule has 0 atom stereocenters. The van der Waals surface area contributed by atoms with E-state index < -0.39 is 0 Å². The molecule has 1 N–H and O–H groups in total. The fourth-order valence-electron chi connectivity index (χ4n) is 2.22. The van der Waals surface area contributed by atoms with Crippen LogP contribution >= 0.6 is 0 Å². The van der Waals surface area contributed by atoms with E-state index >= 15 is 0 Å². The molecule has 3 nitrogen and oxygen atoms in total. The van der Waals surface area contributed by atoms with Crippen LogP contribution in [0.5, 0.6) is 5.75 Å². The van der Waals surface area contributed by atoms with Gasteiger partial charge in [-0.2, -0.15) is 4.73 Å². The van der Waals surface area contributed by atoms with Crippen molar-refractivity contribution in [2.75, 3.05) is 0 Å². The lowest BCUT2D eigenvalue weighted by atomic mass is 10.1. The highest BCUT2D eigenvalue weighted by atomic mass is 16.5. The second kappa shape index (κ2) is 5.71. The molecular weight excluding hydrogens is 226 g/mol. The van der Waals surface area contributed by atoms with Crippen LogP contribution in [0.15, 0.2) is 30.3 Å². The quantitative estimate of drug-likeness (QED) is 0.499. The molecule has 0 unspecified atom stereocenters. The van der Waals surface area contributed by atoms with Crippen LogP contribution in [-0.2, 0) is 6.42 Å². The van der Waals surface area contributed by atoms with E-state index in [-0.39, 0.29) is 5.75 Å². The lowest BCUT2D eigenvalue weighted by molar-refractivity contribution is -0.586.